The van der Waals surface area contributed by atoms with Crippen molar-refractivity contribution in [3.8, 4) is 0 Å². The Hall–Kier alpha value is -1.05. The smallest absolute Gasteiger partial charge is 0.166 e. The predicted octanol–water partition coefficient (Wildman–Crippen LogP) is 1.95. The standard InChI is InChI=1S/C10H13NO/c1-8-6-9-4-2-3-5-11(9)10(8)7-12/h6-7H,2-5H2,1H3. The van der Waals surface area contributed by atoms with E-state index < -0.39 is 0 Å². The van der Waals surface area contributed by atoms with E-state index in [4.69, 9.17) is 0 Å². The molecule has 2 heteroatoms. The molecule has 12 heavy (non-hydrogen) atoms. The van der Waals surface area contributed by atoms with Gasteiger partial charge in [-0.1, -0.05) is 0 Å². The zero-order valence-electron chi connectivity index (χ0n) is 7.34. The highest BCUT2D eigenvalue weighted by Crippen LogP contribution is 2.20. The maximum absolute atomic E-state index is 10.7. The van der Waals surface area contributed by atoms with Gasteiger partial charge in [-0.05, 0) is 37.8 Å². The summed E-state index contributed by atoms with van der Waals surface area (Å²) < 4.78 is 2.16. The maximum atomic E-state index is 10.7. The van der Waals surface area contributed by atoms with Crippen LogP contribution >= 0.6 is 0 Å². The third-order valence-corrected chi connectivity index (χ3v) is 2.60. The molecule has 2 heterocycles. The summed E-state index contributed by atoms with van der Waals surface area (Å²) in [5, 5.41) is 0. The normalized spacial score (nSPS) is 15.8. The summed E-state index contributed by atoms with van der Waals surface area (Å²) in [6.07, 6.45) is 4.59. The van der Waals surface area contributed by atoms with Crippen molar-refractivity contribution in [2.45, 2.75) is 32.7 Å². The molecule has 0 bridgehead atoms. The quantitative estimate of drug-likeness (QED) is 0.580. The Bertz CT molecular complexity index is 312. The summed E-state index contributed by atoms with van der Waals surface area (Å²) in [7, 11) is 0. The summed E-state index contributed by atoms with van der Waals surface area (Å²) in [6, 6.07) is 2.14. The van der Waals surface area contributed by atoms with Crippen molar-refractivity contribution in [2.75, 3.05) is 0 Å². The van der Waals surface area contributed by atoms with Crippen molar-refractivity contribution >= 4 is 6.29 Å². The fourth-order valence-corrected chi connectivity index (χ4v) is 1.97. The molecule has 0 N–H and O–H groups in total. The van der Waals surface area contributed by atoms with Gasteiger partial charge >= 0.3 is 0 Å². The molecule has 1 aromatic rings. The van der Waals surface area contributed by atoms with Gasteiger partial charge in [0, 0.05) is 12.2 Å². The van der Waals surface area contributed by atoms with Gasteiger partial charge < -0.3 is 4.57 Å². The van der Waals surface area contributed by atoms with Crippen LogP contribution in [0.4, 0.5) is 0 Å². The molecule has 0 saturated heterocycles. The number of hydrogen-bond acceptors (Lipinski definition) is 1. The number of hydrogen-bond donors (Lipinski definition) is 0. The number of aldehydes is 1. The van der Waals surface area contributed by atoms with Crippen molar-refractivity contribution in [1.29, 1.82) is 0 Å². The lowest BCUT2D eigenvalue weighted by atomic mass is 10.1. The number of aryl methyl sites for hydroxylation is 2. The summed E-state index contributed by atoms with van der Waals surface area (Å²) >= 11 is 0. The van der Waals surface area contributed by atoms with Crippen LogP contribution < -0.4 is 0 Å². The lowest BCUT2D eigenvalue weighted by molar-refractivity contribution is 0.111. The highest BCUT2D eigenvalue weighted by molar-refractivity contribution is 5.75. The number of carbonyl (C=O) groups is 1. The first-order valence-corrected chi connectivity index (χ1v) is 4.47. The minimum atomic E-state index is 0.879. The van der Waals surface area contributed by atoms with Gasteiger partial charge in [0.1, 0.15) is 0 Å². The average molecular weight is 163 g/mol. The molecule has 0 fully saturated rings. The SMILES string of the molecule is Cc1cc2n(c1C=O)CCCC2. The number of aromatic nitrogens is 1. The molecule has 0 amide bonds. The summed E-state index contributed by atoms with van der Waals surface area (Å²) in [6.45, 7) is 3.03. The van der Waals surface area contributed by atoms with Gasteiger partial charge in [0.05, 0.1) is 5.69 Å². The molecule has 2 rings (SSSR count). The molecular weight excluding hydrogens is 150 g/mol. The van der Waals surface area contributed by atoms with Crippen molar-refractivity contribution < 1.29 is 4.79 Å². The average Bonchev–Trinajstić information content (AvgIpc) is 2.40. The highest BCUT2D eigenvalue weighted by Gasteiger charge is 2.14. The largest absolute Gasteiger partial charge is 0.342 e. The molecule has 0 radical (unpaired) electrons. The molecule has 0 aliphatic carbocycles. The van der Waals surface area contributed by atoms with Crippen molar-refractivity contribution in [1.82, 2.24) is 4.57 Å². The van der Waals surface area contributed by atoms with E-state index in [0.717, 1.165) is 30.5 Å². The first kappa shape index (κ1) is 7.59. The highest BCUT2D eigenvalue weighted by atomic mass is 16.1. The second kappa shape index (κ2) is 2.77. The fourth-order valence-electron chi connectivity index (χ4n) is 1.97. The Labute approximate surface area is 72.2 Å². The Morgan fingerprint density at radius 2 is 2.33 bits per heavy atom. The molecule has 0 saturated carbocycles. The minimum Gasteiger partial charge on any atom is -0.342 e. The van der Waals surface area contributed by atoms with Crippen LogP contribution in [-0.2, 0) is 13.0 Å². The van der Waals surface area contributed by atoms with Gasteiger partial charge in [-0.25, -0.2) is 0 Å². The van der Waals surface area contributed by atoms with Gasteiger partial charge in [-0.15, -0.1) is 0 Å². The van der Waals surface area contributed by atoms with Gasteiger partial charge in [0.2, 0.25) is 0 Å². The van der Waals surface area contributed by atoms with Gasteiger partial charge in [-0.2, -0.15) is 0 Å². The monoisotopic (exact) mass is 163 g/mol. The molecule has 1 aromatic heterocycles. The number of fused-ring (bicyclic) bond motifs is 1. The van der Waals surface area contributed by atoms with E-state index in [9.17, 15) is 4.79 Å². The van der Waals surface area contributed by atoms with Gasteiger partial charge in [-0.3, -0.25) is 4.79 Å². The lowest BCUT2D eigenvalue weighted by Crippen LogP contribution is -2.11. The molecule has 64 valence electrons. The van der Waals surface area contributed by atoms with E-state index in [1.807, 2.05) is 6.92 Å². The van der Waals surface area contributed by atoms with Crippen LogP contribution in [0, 0.1) is 6.92 Å². The molecule has 0 aromatic carbocycles. The summed E-state index contributed by atoms with van der Waals surface area (Å²) in [5.41, 5.74) is 3.34. The van der Waals surface area contributed by atoms with E-state index in [1.165, 1.54) is 18.5 Å². The van der Waals surface area contributed by atoms with Crippen LogP contribution in [0.25, 0.3) is 0 Å². The first-order valence-electron chi connectivity index (χ1n) is 4.47. The van der Waals surface area contributed by atoms with E-state index >= 15 is 0 Å². The molecule has 2 nitrogen and oxygen atoms in total. The maximum Gasteiger partial charge on any atom is 0.166 e. The van der Waals surface area contributed by atoms with Gasteiger partial charge in [0.15, 0.2) is 6.29 Å². The molecule has 0 atom stereocenters. The summed E-state index contributed by atoms with van der Waals surface area (Å²) in [5.74, 6) is 0. The Morgan fingerprint density at radius 3 is 3.08 bits per heavy atom. The van der Waals surface area contributed by atoms with E-state index in [1.54, 1.807) is 0 Å². The Kier molecular flexibility index (Phi) is 1.75. The van der Waals surface area contributed by atoms with Crippen molar-refractivity contribution in [2.24, 2.45) is 0 Å². The van der Waals surface area contributed by atoms with Crippen molar-refractivity contribution in [3.05, 3.63) is 23.0 Å². The van der Waals surface area contributed by atoms with Crippen molar-refractivity contribution in [3.63, 3.8) is 0 Å². The van der Waals surface area contributed by atoms with Crippen LogP contribution in [0.2, 0.25) is 0 Å². The van der Waals surface area contributed by atoms with Crippen LogP contribution in [0.3, 0.4) is 0 Å². The Balaban J connectivity index is 2.53. The molecule has 0 spiro atoms. The predicted molar refractivity (Wildman–Crippen MR) is 47.5 cm³/mol. The fraction of sp³-hybridized carbons (Fsp3) is 0.500. The molecule has 1 aliphatic heterocycles. The number of rotatable bonds is 1. The first-order chi connectivity index (χ1) is 5.83. The van der Waals surface area contributed by atoms with Crippen LogP contribution in [-0.4, -0.2) is 10.9 Å². The van der Waals surface area contributed by atoms with Crippen LogP contribution in [0.1, 0.15) is 34.6 Å². The zero-order valence-corrected chi connectivity index (χ0v) is 7.34. The molecule has 1 aliphatic rings. The van der Waals surface area contributed by atoms with Crippen LogP contribution in [0.15, 0.2) is 6.07 Å². The minimum absolute atomic E-state index is 0.879. The molecule has 0 unspecified atom stereocenters. The lowest BCUT2D eigenvalue weighted by Gasteiger charge is -2.15. The number of nitrogens with zero attached hydrogens (tertiary/aromatic N) is 1. The second-order valence-electron chi connectivity index (χ2n) is 3.43. The third-order valence-electron chi connectivity index (χ3n) is 2.60. The number of carbonyl (C=O) groups excluding carboxylic acids is 1. The second-order valence-corrected chi connectivity index (χ2v) is 3.43. The van der Waals surface area contributed by atoms with Gasteiger partial charge in [0.25, 0.3) is 0 Å². The zero-order chi connectivity index (χ0) is 8.55. The summed E-state index contributed by atoms with van der Waals surface area (Å²) in [4.78, 5) is 10.7. The topological polar surface area (TPSA) is 22.0 Å². The molecular formula is C10H13NO. The van der Waals surface area contributed by atoms with Crippen LogP contribution in [0.5, 0.6) is 0 Å². The third kappa shape index (κ3) is 0.986. The Morgan fingerprint density at radius 1 is 1.50 bits per heavy atom. The van der Waals surface area contributed by atoms with E-state index in [2.05, 4.69) is 10.6 Å². The van der Waals surface area contributed by atoms with E-state index in [-0.39, 0.29) is 0 Å². The van der Waals surface area contributed by atoms with E-state index in [0.29, 0.717) is 0 Å².